The third-order valence-electron chi connectivity index (χ3n) is 4.09. The van der Waals surface area contributed by atoms with Crippen molar-refractivity contribution in [2.45, 2.75) is 19.4 Å². The summed E-state index contributed by atoms with van der Waals surface area (Å²) < 4.78 is 10.6. The molecule has 0 bridgehead atoms. The van der Waals surface area contributed by atoms with Crippen molar-refractivity contribution in [2.24, 2.45) is 0 Å². The van der Waals surface area contributed by atoms with Crippen LogP contribution in [-0.4, -0.2) is 50.6 Å². The molecule has 22 heavy (non-hydrogen) atoms. The monoisotopic (exact) mass is 324 g/mol. The molecule has 6 heteroatoms. The number of anilines is 1. The highest BCUT2D eigenvalue weighted by molar-refractivity contribution is 7.80. The van der Waals surface area contributed by atoms with Gasteiger partial charge < -0.3 is 25.0 Å². The van der Waals surface area contributed by atoms with Gasteiger partial charge in [-0.05, 0) is 50.3 Å². The molecule has 0 aromatic heterocycles. The third kappa shape index (κ3) is 4.83. The molecular weight excluding hydrogens is 298 g/mol. The standard InChI is InChI=1S/C16H25N3O2S/c1-16(2,19-8-10-21-11-9-19)12-17-15(22)18-13-4-6-14(20-3)7-5-13/h4-7H,8-12H2,1-3H3,(H2,17,18,22)/p+1. The van der Waals surface area contributed by atoms with Crippen LogP contribution in [-0.2, 0) is 4.74 Å². The van der Waals surface area contributed by atoms with E-state index in [9.17, 15) is 0 Å². The Morgan fingerprint density at radius 3 is 2.50 bits per heavy atom. The molecule has 0 unspecified atom stereocenters. The van der Waals surface area contributed by atoms with E-state index in [1.165, 1.54) is 0 Å². The maximum absolute atomic E-state index is 5.43. The quantitative estimate of drug-likeness (QED) is 0.695. The summed E-state index contributed by atoms with van der Waals surface area (Å²) >= 11 is 5.38. The zero-order chi connectivity index (χ0) is 16.0. The van der Waals surface area contributed by atoms with E-state index in [1.807, 2.05) is 24.3 Å². The molecule has 1 aliphatic rings. The second-order valence-corrected chi connectivity index (χ2v) is 6.54. The van der Waals surface area contributed by atoms with Gasteiger partial charge in [-0.25, -0.2) is 0 Å². The molecule has 1 aromatic rings. The Morgan fingerprint density at radius 2 is 1.91 bits per heavy atom. The lowest BCUT2D eigenvalue weighted by atomic mass is 10.0. The van der Waals surface area contributed by atoms with Crippen molar-refractivity contribution in [2.75, 3.05) is 45.3 Å². The number of hydrogen-bond donors (Lipinski definition) is 3. The van der Waals surface area contributed by atoms with Gasteiger partial charge >= 0.3 is 0 Å². The Hall–Kier alpha value is -1.37. The predicted molar refractivity (Wildman–Crippen MR) is 92.8 cm³/mol. The molecule has 1 aromatic carbocycles. The van der Waals surface area contributed by atoms with Gasteiger partial charge in [0.1, 0.15) is 24.4 Å². The molecule has 1 saturated heterocycles. The molecule has 1 aliphatic heterocycles. The minimum Gasteiger partial charge on any atom is -0.497 e. The fraction of sp³-hybridized carbons (Fsp3) is 0.562. The van der Waals surface area contributed by atoms with Gasteiger partial charge in [-0.1, -0.05) is 0 Å². The molecule has 1 fully saturated rings. The summed E-state index contributed by atoms with van der Waals surface area (Å²) in [7, 11) is 1.66. The lowest BCUT2D eigenvalue weighted by Gasteiger charge is -2.37. The van der Waals surface area contributed by atoms with E-state index in [0.29, 0.717) is 5.11 Å². The van der Waals surface area contributed by atoms with Crippen molar-refractivity contribution in [3.05, 3.63) is 24.3 Å². The molecule has 0 spiro atoms. The van der Waals surface area contributed by atoms with Crippen LogP contribution in [0.5, 0.6) is 5.75 Å². The first-order valence-electron chi connectivity index (χ1n) is 7.63. The van der Waals surface area contributed by atoms with Crippen LogP contribution in [0.1, 0.15) is 13.8 Å². The van der Waals surface area contributed by atoms with Crippen molar-refractivity contribution in [1.29, 1.82) is 0 Å². The molecule has 1 heterocycles. The van der Waals surface area contributed by atoms with Gasteiger partial charge in [-0.2, -0.15) is 0 Å². The van der Waals surface area contributed by atoms with Crippen molar-refractivity contribution in [3.8, 4) is 5.75 Å². The molecule has 0 atom stereocenters. The molecule has 0 saturated carbocycles. The molecule has 2 rings (SSSR count). The number of quaternary nitrogens is 1. The normalized spacial score (nSPS) is 16.1. The van der Waals surface area contributed by atoms with Crippen molar-refractivity contribution >= 4 is 23.0 Å². The average molecular weight is 324 g/mol. The van der Waals surface area contributed by atoms with Gasteiger partial charge in [0.2, 0.25) is 0 Å². The molecule has 0 radical (unpaired) electrons. The number of methoxy groups -OCH3 is 1. The summed E-state index contributed by atoms with van der Waals surface area (Å²) in [5.41, 5.74) is 1.07. The Morgan fingerprint density at radius 1 is 1.27 bits per heavy atom. The van der Waals surface area contributed by atoms with E-state index in [0.717, 1.165) is 44.3 Å². The molecule has 122 valence electrons. The number of rotatable bonds is 5. The molecular formula is C16H26N3O2S+. The van der Waals surface area contributed by atoms with E-state index < -0.39 is 0 Å². The first-order chi connectivity index (χ1) is 10.5. The van der Waals surface area contributed by atoms with E-state index >= 15 is 0 Å². The number of thiocarbonyl (C=S) groups is 1. The zero-order valence-corrected chi connectivity index (χ0v) is 14.4. The first-order valence-corrected chi connectivity index (χ1v) is 8.04. The van der Waals surface area contributed by atoms with Gasteiger partial charge in [-0.15, -0.1) is 0 Å². The zero-order valence-electron chi connectivity index (χ0n) is 13.6. The Bertz CT molecular complexity index is 485. The molecule has 5 nitrogen and oxygen atoms in total. The van der Waals surface area contributed by atoms with Crippen LogP contribution in [0.2, 0.25) is 0 Å². The Kier molecular flexibility index (Phi) is 5.99. The van der Waals surface area contributed by atoms with Crippen molar-refractivity contribution in [1.82, 2.24) is 5.32 Å². The molecule has 3 N–H and O–H groups in total. The van der Waals surface area contributed by atoms with E-state index in [2.05, 4.69) is 24.5 Å². The SMILES string of the molecule is COc1ccc(NC(=S)NCC(C)(C)[NH+]2CCOCC2)cc1. The number of ether oxygens (including phenoxy) is 2. The van der Waals surface area contributed by atoms with Crippen LogP contribution < -0.4 is 20.3 Å². The van der Waals surface area contributed by atoms with Crippen LogP contribution in [0.4, 0.5) is 5.69 Å². The molecule has 0 aliphatic carbocycles. The lowest BCUT2D eigenvalue weighted by molar-refractivity contribution is -0.954. The van der Waals surface area contributed by atoms with E-state index in [1.54, 1.807) is 12.0 Å². The second-order valence-electron chi connectivity index (χ2n) is 6.14. The van der Waals surface area contributed by atoms with Gasteiger partial charge in [-0.3, -0.25) is 0 Å². The van der Waals surface area contributed by atoms with Crippen LogP contribution in [0.15, 0.2) is 24.3 Å². The maximum atomic E-state index is 5.43. The van der Waals surface area contributed by atoms with Crippen LogP contribution in [0, 0.1) is 0 Å². The van der Waals surface area contributed by atoms with E-state index in [-0.39, 0.29) is 5.54 Å². The van der Waals surface area contributed by atoms with Crippen molar-refractivity contribution < 1.29 is 14.4 Å². The van der Waals surface area contributed by atoms with Crippen LogP contribution >= 0.6 is 12.2 Å². The largest absolute Gasteiger partial charge is 0.497 e. The fourth-order valence-corrected chi connectivity index (χ4v) is 2.76. The smallest absolute Gasteiger partial charge is 0.171 e. The van der Waals surface area contributed by atoms with Crippen LogP contribution in [0.25, 0.3) is 0 Å². The average Bonchev–Trinajstić information content (AvgIpc) is 2.55. The first kappa shape index (κ1) is 17.0. The summed E-state index contributed by atoms with van der Waals surface area (Å²) in [5.74, 6) is 0.835. The fourth-order valence-electron chi connectivity index (χ4n) is 2.57. The minimum atomic E-state index is 0.120. The topological polar surface area (TPSA) is 47.0 Å². The number of morpholine rings is 1. The second kappa shape index (κ2) is 7.76. The van der Waals surface area contributed by atoms with Gasteiger partial charge in [0.05, 0.1) is 26.9 Å². The van der Waals surface area contributed by atoms with E-state index in [4.69, 9.17) is 21.7 Å². The summed E-state index contributed by atoms with van der Waals surface area (Å²) in [6.45, 7) is 9.12. The number of hydrogen-bond acceptors (Lipinski definition) is 3. The number of nitrogens with one attached hydrogen (secondary N) is 3. The summed E-state index contributed by atoms with van der Waals surface area (Å²) in [5, 5.41) is 7.17. The highest BCUT2D eigenvalue weighted by Crippen LogP contribution is 2.14. The van der Waals surface area contributed by atoms with Crippen molar-refractivity contribution in [3.63, 3.8) is 0 Å². The lowest BCUT2D eigenvalue weighted by Crippen LogP contribution is -3.22. The Labute approximate surface area is 138 Å². The Balaban J connectivity index is 1.80. The number of benzene rings is 1. The van der Waals surface area contributed by atoms with Crippen LogP contribution in [0.3, 0.4) is 0 Å². The molecule has 0 amide bonds. The predicted octanol–water partition coefficient (Wildman–Crippen LogP) is 0.675. The minimum absolute atomic E-state index is 0.120. The van der Waals surface area contributed by atoms with Gasteiger partial charge in [0, 0.05) is 5.69 Å². The third-order valence-corrected chi connectivity index (χ3v) is 4.34. The summed E-state index contributed by atoms with van der Waals surface area (Å²) in [6, 6.07) is 7.72. The van der Waals surface area contributed by atoms with Gasteiger partial charge in [0.15, 0.2) is 5.11 Å². The summed E-state index contributed by atoms with van der Waals surface area (Å²) in [6.07, 6.45) is 0. The highest BCUT2D eigenvalue weighted by Gasteiger charge is 2.32. The maximum Gasteiger partial charge on any atom is 0.171 e. The van der Waals surface area contributed by atoms with Gasteiger partial charge in [0.25, 0.3) is 0 Å². The summed E-state index contributed by atoms with van der Waals surface area (Å²) in [4.78, 5) is 1.55. The highest BCUT2D eigenvalue weighted by atomic mass is 32.1.